The highest BCUT2D eigenvalue weighted by Gasteiger charge is 2.17. The topological polar surface area (TPSA) is 26.3 Å². The number of Topliss-reactive ketones (excluding diaryl/α,β-unsaturated/α-hetero) is 1. The van der Waals surface area contributed by atoms with E-state index in [0.717, 1.165) is 16.9 Å². The van der Waals surface area contributed by atoms with Crippen molar-refractivity contribution in [2.45, 2.75) is 26.9 Å². The number of benzene rings is 2. The number of carbonyl (C=O) groups excluding carboxylic acids is 1. The minimum absolute atomic E-state index is 0.0532. The second kappa shape index (κ2) is 6.10. The average Bonchev–Trinajstić information content (AvgIpc) is 2.44. The van der Waals surface area contributed by atoms with Crippen LogP contribution in [0.4, 0.5) is 0 Å². The molecule has 0 aliphatic carbocycles. The van der Waals surface area contributed by atoms with Crippen molar-refractivity contribution < 1.29 is 9.53 Å². The van der Waals surface area contributed by atoms with Gasteiger partial charge in [0.25, 0.3) is 0 Å². The summed E-state index contributed by atoms with van der Waals surface area (Å²) in [5.41, 5.74) is 2.81. The number of ketones is 1. The third-order valence-corrected chi connectivity index (χ3v) is 3.61. The first-order valence-corrected chi connectivity index (χ1v) is 6.89. The lowest BCUT2D eigenvalue weighted by molar-refractivity contribution is 0.0817. The molecule has 104 valence electrons. The van der Waals surface area contributed by atoms with Crippen LogP contribution in [0, 0.1) is 13.8 Å². The Balaban J connectivity index is 2.15. The Labute approximate surface area is 124 Å². The van der Waals surface area contributed by atoms with Crippen molar-refractivity contribution in [3.05, 3.63) is 64.2 Å². The van der Waals surface area contributed by atoms with Crippen LogP contribution < -0.4 is 4.74 Å². The molecule has 3 heteroatoms. The third-order valence-electron chi connectivity index (χ3n) is 3.36. The van der Waals surface area contributed by atoms with Crippen LogP contribution in [0.3, 0.4) is 0 Å². The second-order valence-corrected chi connectivity index (χ2v) is 5.27. The lowest BCUT2D eigenvalue weighted by Crippen LogP contribution is -2.24. The molecule has 0 spiro atoms. The van der Waals surface area contributed by atoms with Gasteiger partial charge < -0.3 is 4.74 Å². The highest BCUT2D eigenvalue weighted by Crippen LogP contribution is 2.22. The van der Waals surface area contributed by atoms with Gasteiger partial charge in [-0.05, 0) is 62.2 Å². The SMILES string of the molecule is Cc1cccc(OC(C)C(=O)c2ccc(Cl)cc2)c1C. The summed E-state index contributed by atoms with van der Waals surface area (Å²) >= 11 is 5.82. The maximum atomic E-state index is 12.3. The van der Waals surface area contributed by atoms with Gasteiger partial charge in [0.05, 0.1) is 0 Å². The van der Waals surface area contributed by atoms with Crippen LogP contribution in [0.5, 0.6) is 5.75 Å². The summed E-state index contributed by atoms with van der Waals surface area (Å²) in [4.78, 5) is 12.3. The van der Waals surface area contributed by atoms with Crippen molar-refractivity contribution in [2.75, 3.05) is 0 Å². The predicted octanol–water partition coefficient (Wildman–Crippen LogP) is 4.61. The largest absolute Gasteiger partial charge is 0.482 e. The first kappa shape index (κ1) is 14.6. The van der Waals surface area contributed by atoms with E-state index in [-0.39, 0.29) is 5.78 Å². The molecule has 0 radical (unpaired) electrons. The van der Waals surface area contributed by atoms with E-state index in [9.17, 15) is 4.79 Å². The molecule has 0 heterocycles. The number of halogens is 1. The van der Waals surface area contributed by atoms with Crippen LogP contribution in [0.25, 0.3) is 0 Å². The van der Waals surface area contributed by atoms with Gasteiger partial charge in [0.1, 0.15) is 5.75 Å². The fraction of sp³-hybridized carbons (Fsp3) is 0.235. The van der Waals surface area contributed by atoms with E-state index in [0.29, 0.717) is 10.6 Å². The molecule has 2 nitrogen and oxygen atoms in total. The third kappa shape index (κ3) is 3.20. The van der Waals surface area contributed by atoms with Gasteiger partial charge in [-0.1, -0.05) is 23.7 Å². The standard InChI is InChI=1S/C17H17ClO2/c1-11-5-4-6-16(12(11)2)20-13(3)17(19)14-7-9-15(18)10-8-14/h4-10,13H,1-3H3. The van der Waals surface area contributed by atoms with Gasteiger partial charge in [-0.25, -0.2) is 0 Å². The van der Waals surface area contributed by atoms with Crippen LogP contribution in [-0.4, -0.2) is 11.9 Å². The zero-order valence-corrected chi connectivity index (χ0v) is 12.6. The summed E-state index contributed by atoms with van der Waals surface area (Å²) in [6.45, 7) is 5.77. The highest BCUT2D eigenvalue weighted by molar-refractivity contribution is 6.30. The normalized spacial score (nSPS) is 12.0. The van der Waals surface area contributed by atoms with Gasteiger partial charge in [-0.15, -0.1) is 0 Å². The van der Waals surface area contributed by atoms with E-state index in [1.165, 1.54) is 0 Å². The molecule has 0 amide bonds. The Morgan fingerprint density at radius 1 is 1.10 bits per heavy atom. The molecule has 2 aromatic rings. The second-order valence-electron chi connectivity index (χ2n) is 4.83. The van der Waals surface area contributed by atoms with E-state index in [4.69, 9.17) is 16.3 Å². The van der Waals surface area contributed by atoms with Gasteiger partial charge in [-0.2, -0.15) is 0 Å². The van der Waals surface area contributed by atoms with Gasteiger partial charge in [0.2, 0.25) is 5.78 Å². The van der Waals surface area contributed by atoms with Gasteiger partial charge in [0, 0.05) is 10.6 Å². The molecule has 0 aromatic heterocycles. The molecule has 0 aliphatic rings. The number of carbonyl (C=O) groups is 1. The van der Waals surface area contributed by atoms with Gasteiger partial charge >= 0.3 is 0 Å². The molecule has 1 atom stereocenters. The average molecular weight is 289 g/mol. The zero-order valence-electron chi connectivity index (χ0n) is 11.8. The van der Waals surface area contributed by atoms with Crippen LogP contribution in [-0.2, 0) is 0 Å². The smallest absolute Gasteiger partial charge is 0.202 e. The Morgan fingerprint density at radius 3 is 2.40 bits per heavy atom. The lowest BCUT2D eigenvalue weighted by atomic mass is 10.1. The van der Waals surface area contributed by atoms with E-state index >= 15 is 0 Å². The van der Waals surface area contributed by atoms with E-state index in [1.54, 1.807) is 31.2 Å². The predicted molar refractivity (Wildman–Crippen MR) is 81.8 cm³/mol. The first-order valence-electron chi connectivity index (χ1n) is 6.51. The number of rotatable bonds is 4. The van der Waals surface area contributed by atoms with Crippen molar-refractivity contribution in [3.8, 4) is 5.75 Å². The van der Waals surface area contributed by atoms with Gasteiger partial charge in [-0.3, -0.25) is 4.79 Å². The molecule has 2 aromatic carbocycles. The summed E-state index contributed by atoms with van der Waals surface area (Å²) in [6, 6.07) is 12.7. The van der Waals surface area contributed by atoms with Crippen LogP contribution in [0.1, 0.15) is 28.4 Å². The summed E-state index contributed by atoms with van der Waals surface area (Å²) in [5, 5.41) is 0.615. The molecular weight excluding hydrogens is 272 g/mol. The number of hydrogen-bond acceptors (Lipinski definition) is 2. The van der Waals surface area contributed by atoms with E-state index < -0.39 is 6.10 Å². The number of ether oxygens (including phenoxy) is 1. The summed E-state index contributed by atoms with van der Waals surface area (Å²) < 4.78 is 5.79. The van der Waals surface area contributed by atoms with Crippen molar-refractivity contribution in [1.29, 1.82) is 0 Å². The minimum Gasteiger partial charge on any atom is -0.482 e. The highest BCUT2D eigenvalue weighted by atomic mass is 35.5. The fourth-order valence-electron chi connectivity index (χ4n) is 1.94. The number of aryl methyl sites for hydroxylation is 1. The van der Waals surface area contributed by atoms with Crippen molar-refractivity contribution in [3.63, 3.8) is 0 Å². The molecule has 0 saturated heterocycles. The lowest BCUT2D eigenvalue weighted by Gasteiger charge is -2.16. The maximum absolute atomic E-state index is 12.3. The maximum Gasteiger partial charge on any atom is 0.202 e. The summed E-state index contributed by atoms with van der Waals surface area (Å²) in [5.74, 6) is 0.697. The van der Waals surface area contributed by atoms with Crippen molar-refractivity contribution >= 4 is 17.4 Å². The minimum atomic E-state index is -0.531. The molecule has 0 fully saturated rings. The Kier molecular flexibility index (Phi) is 4.46. The van der Waals surface area contributed by atoms with Crippen LogP contribution in [0.2, 0.25) is 5.02 Å². The zero-order chi connectivity index (χ0) is 14.7. The molecule has 0 aliphatic heterocycles. The molecular formula is C17H17ClO2. The molecule has 1 unspecified atom stereocenters. The first-order chi connectivity index (χ1) is 9.49. The van der Waals surface area contributed by atoms with E-state index in [1.807, 2.05) is 32.0 Å². The fourth-order valence-corrected chi connectivity index (χ4v) is 2.07. The molecule has 0 saturated carbocycles. The van der Waals surface area contributed by atoms with Crippen molar-refractivity contribution in [1.82, 2.24) is 0 Å². The van der Waals surface area contributed by atoms with E-state index in [2.05, 4.69) is 0 Å². The van der Waals surface area contributed by atoms with Crippen LogP contribution in [0.15, 0.2) is 42.5 Å². The Hall–Kier alpha value is -1.80. The molecule has 0 N–H and O–H groups in total. The summed E-state index contributed by atoms with van der Waals surface area (Å²) in [7, 11) is 0. The Bertz CT molecular complexity index is 617. The molecule has 0 bridgehead atoms. The Morgan fingerprint density at radius 2 is 1.75 bits per heavy atom. The molecule has 2 rings (SSSR count). The van der Waals surface area contributed by atoms with Crippen LogP contribution >= 0.6 is 11.6 Å². The monoisotopic (exact) mass is 288 g/mol. The summed E-state index contributed by atoms with van der Waals surface area (Å²) in [6.07, 6.45) is -0.531. The van der Waals surface area contributed by atoms with Crippen molar-refractivity contribution in [2.24, 2.45) is 0 Å². The van der Waals surface area contributed by atoms with Gasteiger partial charge in [0.15, 0.2) is 6.10 Å². The quantitative estimate of drug-likeness (QED) is 0.768. The number of hydrogen-bond donors (Lipinski definition) is 0. The molecule has 20 heavy (non-hydrogen) atoms.